The van der Waals surface area contributed by atoms with Gasteiger partial charge in [0.1, 0.15) is 19.2 Å². The van der Waals surface area contributed by atoms with E-state index in [1.807, 2.05) is 42.7 Å². The molecule has 4 rings (SSSR count). The van der Waals surface area contributed by atoms with Crippen molar-refractivity contribution in [3.8, 4) is 11.1 Å². The molecule has 2 amide bonds. The van der Waals surface area contributed by atoms with Gasteiger partial charge in [-0.25, -0.2) is 9.59 Å². The van der Waals surface area contributed by atoms with Gasteiger partial charge in [0.15, 0.2) is 0 Å². The number of fused-ring (bicyclic) bond motifs is 3. The molecule has 1 aliphatic rings. The second kappa shape index (κ2) is 11.1. The molecule has 10 heteroatoms. The summed E-state index contributed by atoms with van der Waals surface area (Å²) in [5.41, 5.74) is 4.91. The molecule has 0 spiro atoms. The summed E-state index contributed by atoms with van der Waals surface area (Å²) in [4.78, 5) is 36.0. The molecule has 1 atom stereocenters. The molecule has 35 heavy (non-hydrogen) atoms. The quantitative estimate of drug-likeness (QED) is 0.394. The van der Waals surface area contributed by atoms with Gasteiger partial charge in [-0.15, -0.1) is 0 Å². The van der Waals surface area contributed by atoms with E-state index < -0.39 is 24.0 Å². The third-order valence-electron chi connectivity index (χ3n) is 5.77. The standard InChI is InChI=1S/C25H26N4O5S/c1-35-11-10-22(24(31)32)28-23(30)14-29-13-16(12-26-29)27-25(33)34-15-21-19-8-4-2-6-17(19)18-7-3-5-9-20(18)21/h2-9,12-13,21-22H,10-11,14-15H2,1H3,(H,27,33)(H,28,30)(H,31,32). The van der Waals surface area contributed by atoms with E-state index in [2.05, 4.69) is 27.9 Å². The molecule has 1 aliphatic carbocycles. The van der Waals surface area contributed by atoms with E-state index in [0.717, 1.165) is 22.3 Å². The van der Waals surface area contributed by atoms with Gasteiger partial charge in [-0.2, -0.15) is 16.9 Å². The molecule has 1 unspecified atom stereocenters. The maximum absolute atomic E-state index is 12.4. The zero-order chi connectivity index (χ0) is 24.8. The Labute approximate surface area is 206 Å². The second-order valence-electron chi connectivity index (χ2n) is 8.12. The summed E-state index contributed by atoms with van der Waals surface area (Å²) in [5, 5.41) is 18.4. The Morgan fingerprint density at radius 3 is 2.40 bits per heavy atom. The number of ether oxygens (including phenoxy) is 1. The fourth-order valence-corrected chi connectivity index (χ4v) is 4.62. The third-order valence-corrected chi connectivity index (χ3v) is 6.42. The van der Waals surface area contributed by atoms with Crippen molar-refractivity contribution in [3.63, 3.8) is 0 Å². The molecule has 0 aliphatic heterocycles. The normalized spacial score (nSPS) is 12.9. The Bertz CT molecular complexity index is 1180. The summed E-state index contributed by atoms with van der Waals surface area (Å²) < 4.78 is 6.84. The van der Waals surface area contributed by atoms with Gasteiger partial charge < -0.3 is 15.2 Å². The first-order chi connectivity index (χ1) is 17.0. The first-order valence-corrected chi connectivity index (χ1v) is 12.5. The fraction of sp³-hybridized carbons (Fsp3) is 0.280. The van der Waals surface area contributed by atoms with Gasteiger partial charge in [-0.1, -0.05) is 48.5 Å². The fourth-order valence-electron chi connectivity index (χ4n) is 4.15. The van der Waals surface area contributed by atoms with Crippen LogP contribution in [0.2, 0.25) is 0 Å². The van der Waals surface area contributed by atoms with Crippen molar-refractivity contribution < 1.29 is 24.2 Å². The molecule has 0 saturated heterocycles. The lowest BCUT2D eigenvalue weighted by molar-refractivity contribution is -0.142. The lowest BCUT2D eigenvalue weighted by atomic mass is 9.98. The zero-order valence-electron chi connectivity index (χ0n) is 19.1. The summed E-state index contributed by atoms with van der Waals surface area (Å²) in [6, 6.07) is 15.2. The number of benzene rings is 2. The summed E-state index contributed by atoms with van der Waals surface area (Å²) in [6.07, 6.45) is 4.46. The number of carboxylic acids is 1. The van der Waals surface area contributed by atoms with Gasteiger partial charge in [-0.05, 0) is 40.7 Å². The van der Waals surface area contributed by atoms with Crippen molar-refractivity contribution in [2.75, 3.05) is 23.9 Å². The van der Waals surface area contributed by atoms with E-state index in [9.17, 15) is 19.5 Å². The number of carbonyl (C=O) groups is 3. The van der Waals surface area contributed by atoms with Gasteiger partial charge in [-0.3, -0.25) is 14.8 Å². The highest BCUT2D eigenvalue weighted by Crippen LogP contribution is 2.44. The largest absolute Gasteiger partial charge is 0.480 e. The predicted octanol–water partition coefficient (Wildman–Crippen LogP) is 3.57. The molecule has 1 aromatic heterocycles. The second-order valence-corrected chi connectivity index (χ2v) is 9.10. The van der Waals surface area contributed by atoms with Gasteiger partial charge in [0, 0.05) is 12.1 Å². The minimum absolute atomic E-state index is 0.0483. The number of nitrogens with zero attached hydrogens (tertiary/aromatic N) is 2. The minimum Gasteiger partial charge on any atom is -0.480 e. The van der Waals surface area contributed by atoms with Crippen LogP contribution in [0.4, 0.5) is 10.5 Å². The van der Waals surface area contributed by atoms with Crippen LogP contribution in [0.5, 0.6) is 0 Å². The van der Waals surface area contributed by atoms with E-state index in [-0.39, 0.29) is 19.1 Å². The van der Waals surface area contributed by atoms with E-state index in [0.29, 0.717) is 17.9 Å². The molecule has 9 nitrogen and oxygen atoms in total. The van der Waals surface area contributed by atoms with E-state index in [4.69, 9.17) is 4.74 Å². The third kappa shape index (κ3) is 5.83. The van der Waals surface area contributed by atoms with Crippen molar-refractivity contribution in [1.29, 1.82) is 0 Å². The molecule has 1 heterocycles. The molecule has 3 N–H and O–H groups in total. The summed E-state index contributed by atoms with van der Waals surface area (Å²) in [7, 11) is 0. The SMILES string of the molecule is CSCCC(NC(=O)Cn1cc(NC(=O)OCC2c3ccccc3-c3ccccc32)cn1)C(=O)O. The van der Waals surface area contributed by atoms with Crippen LogP contribution in [0.25, 0.3) is 11.1 Å². The van der Waals surface area contributed by atoms with Crippen molar-refractivity contribution >= 4 is 35.4 Å². The Hall–Kier alpha value is -3.79. The van der Waals surface area contributed by atoms with Crippen LogP contribution in [0.3, 0.4) is 0 Å². The van der Waals surface area contributed by atoms with Crippen LogP contribution in [0, 0.1) is 0 Å². The van der Waals surface area contributed by atoms with Gasteiger partial charge in [0.05, 0.1) is 11.9 Å². The first-order valence-electron chi connectivity index (χ1n) is 11.1. The number of carboxylic acid groups (broad SMARTS) is 1. The predicted molar refractivity (Wildman–Crippen MR) is 133 cm³/mol. The number of hydrogen-bond donors (Lipinski definition) is 3. The molecular formula is C25H26N4O5S. The lowest BCUT2D eigenvalue weighted by Crippen LogP contribution is -2.42. The van der Waals surface area contributed by atoms with E-state index >= 15 is 0 Å². The van der Waals surface area contributed by atoms with Crippen molar-refractivity contribution in [2.45, 2.75) is 24.9 Å². The molecule has 2 aromatic carbocycles. The number of aliphatic carboxylic acids is 1. The molecular weight excluding hydrogens is 468 g/mol. The van der Waals surface area contributed by atoms with Crippen molar-refractivity contribution in [3.05, 3.63) is 72.1 Å². The maximum atomic E-state index is 12.4. The Morgan fingerprint density at radius 2 is 1.77 bits per heavy atom. The van der Waals surface area contributed by atoms with Gasteiger partial charge >= 0.3 is 12.1 Å². The average molecular weight is 495 g/mol. The van der Waals surface area contributed by atoms with Crippen LogP contribution in [-0.2, 0) is 20.9 Å². The number of aromatic nitrogens is 2. The van der Waals surface area contributed by atoms with Crippen molar-refractivity contribution in [1.82, 2.24) is 15.1 Å². The Balaban J connectivity index is 1.30. The van der Waals surface area contributed by atoms with Crippen LogP contribution in [0.1, 0.15) is 23.5 Å². The minimum atomic E-state index is -1.08. The van der Waals surface area contributed by atoms with E-state index in [1.165, 1.54) is 28.8 Å². The molecule has 0 fully saturated rings. The van der Waals surface area contributed by atoms with Crippen LogP contribution >= 0.6 is 11.8 Å². The van der Waals surface area contributed by atoms with Crippen LogP contribution in [0.15, 0.2) is 60.9 Å². The number of rotatable bonds is 10. The molecule has 182 valence electrons. The number of anilines is 1. The average Bonchev–Trinajstić information content (AvgIpc) is 3.41. The number of thioether (sulfide) groups is 1. The number of hydrogen-bond acceptors (Lipinski definition) is 6. The maximum Gasteiger partial charge on any atom is 0.411 e. The van der Waals surface area contributed by atoms with Crippen LogP contribution < -0.4 is 10.6 Å². The van der Waals surface area contributed by atoms with Gasteiger partial charge in [0.2, 0.25) is 5.91 Å². The van der Waals surface area contributed by atoms with Crippen LogP contribution in [-0.4, -0.2) is 57.5 Å². The first kappa shape index (κ1) is 24.3. The highest BCUT2D eigenvalue weighted by atomic mass is 32.2. The molecule has 0 saturated carbocycles. The number of amides is 2. The summed E-state index contributed by atoms with van der Waals surface area (Å²) >= 11 is 1.51. The van der Waals surface area contributed by atoms with E-state index in [1.54, 1.807) is 0 Å². The molecule has 3 aromatic rings. The monoisotopic (exact) mass is 494 g/mol. The summed E-state index contributed by atoms with van der Waals surface area (Å²) in [6.45, 7) is 0.0123. The lowest BCUT2D eigenvalue weighted by Gasteiger charge is -2.14. The molecule has 0 radical (unpaired) electrons. The topological polar surface area (TPSA) is 123 Å². The van der Waals surface area contributed by atoms with Gasteiger partial charge in [0.25, 0.3) is 0 Å². The molecule has 0 bridgehead atoms. The number of carbonyl (C=O) groups excluding carboxylic acids is 2. The summed E-state index contributed by atoms with van der Waals surface area (Å²) in [5.74, 6) is -0.986. The smallest absolute Gasteiger partial charge is 0.411 e. The Kier molecular flexibility index (Phi) is 7.71. The Morgan fingerprint density at radius 1 is 1.11 bits per heavy atom. The van der Waals surface area contributed by atoms with Crippen molar-refractivity contribution in [2.24, 2.45) is 0 Å². The number of nitrogens with one attached hydrogen (secondary N) is 2. The highest BCUT2D eigenvalue weighted by molar-refractivity contribution is 7.98. The highest BCUT2D eigenvalue weighted by Gasteiger charge is 2.29. The zero-order valence-corrected chi connectivity index (χ0v) is 20.0.